The number of hydrogen-bond donors (Lipinski definition) is 2. The Hall–Kier alpha value is -2.48. The fourth-order valence-electron chi connectivity index (χ4n) is 4.48. The van der Waals surface area contributed by atoms with E-state index in [4.69, 9.17) is 14.8 Å². The van der Waals surface area contributed by atoms with E-state index in [0.29, 0.717) is 30.2 Å². The molecule has 1 fully saturated rings. The summed E-state index contributed by atoms with van der Waals surface area (Å²) >= 11 is 1.64. The summed E-state index contributed by atoms with van der Waals surface area (Å²) in [5.74, 6) is -0.194. The van der Waals surface area contributed by atoms with Crippen LogP contribution in [0, 0.1) is 0 Å². The van der Waals surface area contributed by atoms with Crippen LogP contribution in [-0.2, 0) is 20.2 Å². The van der Waals surface area contributed by atoms with Crippen LogP contribution in [0.4, 0.5) is 11.4 Å². The largest absolute Gasteiger partial charge is 0.397 e. The van der Waals surface area contributed by atoms with Gasteiger partial charge in [0.1, 0.15) is 0 Å². The zero-order chi connectivity index (χ0) is 25.5. The van der Waals surface area contributed by atoms with Crippen LogP contribution in [0.1, 0.15) is 42.6 Å². The highest BCUT2D eigenvalue weighted by molar-refractivity contribution is 7.54. The molecule has 36 heavy (non-hydrogen) atoms. The number of piperidine rings is 1. The Bertz CT molecular complexity index is 1180. The summed E-state index contributed by atoms with van der Waals surface area (Å²) in [6, 6.07) is 17.4. The van der Waals surface area contributed by atoms with Crippen molar-refractivity contribution in [2.75, 3.05) is 37.4 Å². The summed E-state index contributed by atoms with van der Waals surface area (Å²) in [7, 11) is -3.05. The Balaban J connectivity index is 1.33. The summed E-state index contributed by atoms with van der Waals surface area (Å²) in [6.07, 6.45) is 1.56. The second-order valence-electron chi connectivity index (χ2n) is 8.81. The number of thiophene rings is 1. The minimum absolute atomic E-state index is 0.0505. The van der Waals surface area contributed by atoms with Gasteiger partial charge in [-0.1, -0.05) is 24.3 Å². The molecular weight excluding hydrogens is 493 g/mol. The van der Waals surface area contributed by atoms with Crippen molar-refractivity contribution >= 4 is 36.2 Å². The number of rotatable bonds is 10. The molecule has 7 nitrogen and oxygen atoms in total. The highest BCUT2D eigenvalue weighted by atomic mass is 32.1. The molecule has 3 N–H and O–H groups in total. The van der Waals surface area contributed by atoms with Gasteiger partial charge in [-0.2, -0.15) is 0 Å². The van der Waals surface area contributed by atoms with Crippen molar-refractivity contribution in [3.63, 3.8) is 0 Å². The third-order valence-electron chi connectivity index (χ3n) is 6.35. The normalized spacial score (nSPS) is 15.2. The minimum Gasteiger partial charge on any atom is -0.397 e. The van der Waals surface area contributed by atoms with Crippen LogP contribution in [0.15, 0.2) is 60.0 Å². The molecule has 0 radical (unpaired) electrons. The summed E-state index contributed by atoms with van der Waals surface area (Å²) < 4.78 is 24.1. The van der Waals surface area contributed by atoms with Gasteiger partial charge in [0, 0.05) is 17.0 Å². The van der Waals surface area contributed by atoms with Gasteiger partial charge in [-0.25, -0.2) is 0 Å². The lowest BCUT2D eigenvalue weighted by atomic mass is 10.1. The van der Waals surface area contributed by atoms with E-state index in [1.165, 1.54) is 0 Å². The molecule has 3 aromatic rings. The molecule has 1 saturated heterocycles. The smallest absolute Gasteiger partial charge is 0.333 e. The first-order valence-electron chi connectivity index (χ1n) is 12.4. The molecule has 1 aliphatic rings. The number of likely N-dealkylation sites (tertiary alicyclic amines) is 1. The van der Waals surface area contributed by atoms with Gasteiger partial charge in [-0.05, 0) is 86.6 Å². The van der Waals surface area contributed by atoms with Crippen molar-refractivity contribution < 1.29 is 18.4 Å². The average Bonchev–Trinajstić information content (AvgIpc) is 3.42. The topological polar surface area (TPSA) is 93.9 Å². The van der Waals surface area contributed by atoms with E-state index in [2.05, 4.69) is 10.2 Å². The van der Waals surface area contributed by atoms with Gasteiger partial charge in [0.15, 0.2) is 0 Å². The van der Waals surface area contributed by atoms with Crippen molar-refractivity contribution in [2.24, 2.45) is 0 Å². The van der Waals surface area contributed by atoms with E-state index >= 15 is 0 Å². The first-order valence-corrected chi connectivity index (χ1v) is 14.9. The van der Waals surface area contributed by atoms with Crippen LogP contribution in [0.2, 0.25) is 0 Å². The fraction of sp³-hybridized carbons (Fsp3) is 0.370. The maximum atomic E-state index is 13.1. The van der Waals surface area contributed by atoms with Crippen molar-refractivity contribution in [1.82, 2.24) is 4.90 Å². The molecular formula is C27H34N3O4PS. The van der Waals surface area contributed by atoms with Crippen LogP contribution >= 0.6 is 18.9 Å². The Morgan fingerprint density at radius 3 is 2.39 bits per heavy atom. The molecule has 0 spiro atoms. The maximum Gasteiger partial charge on any atom is 0.333 e. The molecule has 1 aliphatic heterocycles. The van der Waals surface area contributed by atoms with Crippen molar-refractivity contribution in [3.8, 4) is 10.4 Å². The number of nitrogens with zero attached hydrogens (tertiary/aromatic N) is 1. The van der Waals surface area contributed by atoms with Crippen LogP contribution in [0.25, 0.3) is 10.4 Å². The van der Waals surface area contributed by atoms with Gasteiger partial charge in [0.25, 0.3) is 5.91 Å². The van der Waals surface area contributed by atoms with E-state index in [1.807, 2.05) is 73.8 Å². The van der Waals surface area contributed by atoms with Crippen molar-refractivity contribution in [3.05, 3.63) is 71.1 Å². The number of benzene rings is 2. The van der Waals surface area contributed by atoms with E-state index in [0.717, 1.165) is 48.5 Å². The zero-order valence-electron chi connectivity index (χ0n) is 20.8. The molecule has 0 bridgehead atoms. The van der Waals surface area contributed by atoms with Gasteiger partial charge < -0.3 is 20.1 Å². The summed E-state index contributed by atoms with van der Waals surface area (Å²) in [5.41, 5.74) is 9.93. The van der Waals surface area contributed by atoms with Gasteiger partial charge in [0.2, 0.25) is 0 Å². The number of nitrogens with two attached hydrogens (primary N) is 1. The molecule has 192 valence electrons. The maximum absolute atomic E-state index is 13.1. The predicted octanol–water partition coefficient (Wildman–Crippen LogP) is 6.48. The average molecular weight is 528 g/mol. The SMILES string of the molecule is CCOP(=O)(OCC)C1CCN(Cc2ccc(C(=O)Nc3cc(-c4cccs4)ccc3N)cc2)CC1. The number of carbonyl (C=O) groups is 1. The molecule has 9 heteroatoms. The number of hydrogen-bond acceptors (Lipinski definition) is 7. The summed E-state index contributed by atoms with van der Waals surface area (Å²) in [5, 5.41) is 4.97. The van der Waals surface area contributed by atoms with Crippen LogP contribution < -0.4 is 11.1 Å². The number of nitrogen functional groups attached to an aromatic ring is 1. The minimum atomic E-state index is -3.05. The molecule has 2 heterocycles. The molecule has 1 amide bonds. The molecule has 0 unspecified atom stereocenters. The van der Waals surface area contributed by atoms with Gasteiger partial charge in [-0.3, -0.25) is 14.3 Å². The predicted molar refractivity (Wildman–Crippen MR) is 148 cm³/mol. The lowest BCUT2D eigenvalue weighted by molar-refractivity contribution is 0.102. The molecule has 0 atom stereocenters. The lowest BCUT2D eigenvalue weighted by Crippen LogP contribution is -2.36. The monoisotopic (exact) mass is 527 g/mol. The Morgan fingerprint density at radius 1 is 1.08 bits per heavy atom. The zero-order valence-corrected chi connectivity index (χ0v) is 22.5. The number of carbonyl (C=O) groups excluding carboxylic acids is 1. The van der Waals surface area contributed by atoms with Gasteiger partial charge >= 0.3 is 7.60 Å². The molecule has 0 saturated carbocycles. The number of amides is 1. The summed E-state index contributed by atoms with van der Waals surface area (Å²) in [4.78, 5) is 16.3. The molecule has 1 aromatic heterocycles. The first-order chi connectivity index (χ1) is 17.4. The standard InChI is InChI=1S/C27H34N3O4PS/c1-3-33-35(32,34-4-2)23-13-15-30(16-14-23)19-20-7-9-21(10-8-20)27(31)29-25-18-22(11-12-24(25)28)26-6-5-17-36-26/h5-12,17-18,23H,3-4,13-16,19,28H2,1-2H3,(H,29,31). The Morgan fingerprint density at radius 2 is 1.78 bits per heavy atom. The van der Waals surface area contributed by atoms with Crippen molar-refractivity contribution in [1.29, 1.82) is 0 Å². The second-order valence-corrected chi connectivity index (χ2v) is 12.1. The first kappa shape index (κ1) is 26.6. The number of anilines is 2. The second kappa shape index (κ2) is 12.2. The van der Waals surface area contributed by atoms with E-state index < -0.39 is 7.60 Å². The van der Waals surface area contributed by atoms with Crippen molar-refractivity contribution in [2.45, 2.75) is 38.9 Å². The summed E-state index contributed by atoms with van der Waals surface area (Å²) in [6.45, 7) is 6.92. The van der Waals surface area contributed by atoms with Gasteiger partial charge in [0.05, 0.1) is 30.2 Å². The Labute approximate surface area is 217 Å². The highest BCUT2D eigenvalue weighted by Crippen LogP contribution is 2.56. The highest BCUT2D eigenvalue weighted by Gasteiger charge is 2.37. The lowest BCUT2D eigenvalue weighted by Gasteiger charge is -2.35. The molecule has 2 aromatic carbocycles. The van der Waals surface area contributed by atoms with Crippen LogP contribution in [0.3, 0.4) is 0 Å². The van der Waals surface area contributed by atoms with Crippen LogP contribution in [-0.4, -0.2) is 42.8 Å². The third-order valence-corrected chi connectivity index (χ3v) is 9.92. The van der Waals surface area contributed by atoms with E-state index in [1.54, 1.807) is 11.3 Å². The van der Waals surface area contributed by atoms with Gasteiger partial charge in [-0.15, -0.1) is 11.3 Å². The van der Waals surface area contributed by atoms with E-state index in [9.17, 15) is 9.36 Å². The fourth-order valence-corrected chi connectivity index (χ4v) is 7.28. The number of nitrogens with one attached hydrogen (secondary N) is 1. The van der Waals surface area contributed by atoms with Crippen LogP contribution in [0.5, 0.6) is 0 Å². The quantitative estimate of drug-likeness (QED) is 0.232. The molecule has 4 rings (SSSR count). The molecule has 0 aliphatic carbocycles. The third kappa shape index (κ3) is 6.44. The van der Waals surface area contributed by atoms with E-state index in [-0.39, 0.29) is 11.6 Å². The Kier molecular flexibility index (Phi) is 8.99.